The van der Waals surface area contributed by atoms with E-state index in [0.717, 1.165) is 44.9 Å². The molecule has 0 aliphatic heterocycles. The molecule has 0 aromatic carbocycles. The number of Topliss-reactive ketones (excluding diaryl/α,β-unsaturated/α-hetero) is 1. The molecule has 1 N–H and O–H groups in total. The Labute approximate surface area is 144 Å². The molecule has 0 radical (unpaired) electrons. The molecule has 0 saturated heterocycles. The van der Waals surface area contributed by atoms with Crippen LogP contribution >= 0.6 is 0 Å². The summed E-state index contributed by atoms with van der Waals surface area (Å²) < 4.78 is 0. The molecule has 0 fully saturated rings. The minimum atomic E-state index is -0.267. The van der Waals surface area contributed by atoms with Crippen LogP contribution in [0, 0.1) is 5.92 Å². The predicted octanol–water partition coefficient (Wildman–Crippen LogP) is 5.42. The molecule has 3 nitrogen and oxygen atoms in total. The summed E-state index contributed by atoms with van der Waals surface area (Å²) in [6.07, 6.45) is 12.5. The highest BCUT2D eigenvalue weighted by atomic mass is 16.2. The van der Waals surface area contributed by atoms with Gasteiger partial charge >= 0.3 is 0 Å². The molecule has 1 amide bonds. The van der Waals surface area contributed by atoms with E-state index in [1.54, 1.807) is 0 Å². The molecular formula is C20H39NO2. The zero-order valence-electron chi connectivity index (χ0n) is 16.0. The van der Waals surface area contributed by atoms with Gasteiger partial charge in [-0.25, -0.2) is 0 Å². The fourth-order valence-corrected chi connectivity index (χ4v) is 2.83. The third-order valence-electron chi connectivity index (χ3n) is 4.49. The number of rotatable bonds is 15. The lowest BCUT2D eigenvalue weighted by Gasteiger charge is -2.20. The summed E-state index contributed by atoms with van der Waals surface area (Å²) in [5.41, 5.74) is 0. The van der Waals surface area contributed by atoms with Crippen LogP contribution < -0.4 is 5.32 Å². The van der Waals surface area contributed by atoms with Crippen LogP contribution in [-0.2, 0) is 9.59 Å². The van der Waals surface area contributed by atoms with Crippen molar-refractivity contribution in [2.24, 2.45) is 5.92 Å². The first kappa shape index (κ1) is 22.1. The summed E-state index contributed by atoms with van der Waals surface area (Å²) in [4.78, 5) is 24.6. The first-order valence-electron chi connectivity index (χ1n) is 9.89. The topological polar surface area (TPSA) is 46.2 Å². The van der Waals surface area contributed by atoms with Gasteiger partial charge in [-0.15, -0.1) is 0 Å². The van der Waals surface area contributed by atoms with Gasteiger partial charge < -0.3 is 5.32 Å². The van der Waals surface area contributed by atoms with Gasteiger partial charge in [0.25, 0.3) is 0 Å². The summed E-state index contributed by atoms with van der Waals surface area (Å²) in [6.45, 7) is 8.37. The minimum Gasteiger partial charge on any atom is -0.346 e. The molecule has 0 bridgehead atoms. The molecule has 0 aromatic rings. The number of carbonyl (C=O) groups excluding carboxylic acids is 2. The maximum atomic E-state index is 12.4. The number of nitrogens with one attached hydrogen (secondary N) is 1. The highest BCUT2D eigenvalue weighted by Gasteiger charge is 2.22. The summed E-state index contributed by atoms with van der Waals surface area (Å²) in [7, 11) is 0. The molecule has 23 heavy (non-hydrogen) atoms. The van der Waals surface area contributed by atoms with Gasteiger partial charge in [0.2, 0.25) is 5.91 Å². The maximum absolute atomic E-state index is 12.4. The van der Waals surface area contributed by atoms with Crippen LogP contribution in [0.15, 0.2) is 0 Å². The van der Waals surface area contributed by atoms with Gasteiger partial charge in [0.15, 0.2) is 5.78 Å². The van der Waals surface area contributed by atoms with Crippen molar-refractivity contribution < 1.29 is 9.59 Å². The first-order valence-corrected chi connectivity index (χ1v) is 9.89. The Hall–Kier alpha value is -0.860. The van der Waals surface area contributed by atoms with Crippen molar-refractivity contribution >= 4 is 11.7 Å². The molecule has 0 heterocycles. The molecule has 0 aromatic heterocycles. The summed E-state index contributed by atoms with van der Waals surface area (Å²) in [5, 5.41) is 3.02. The zero-order chi connectivity index (χ0) is 17.5. The highest BCUT2D eigenvalue weighted by molar-refractivity contribution is 5.89. The molecule has 0 spiro atoms. The molecule has 0 saturated carbocycles. The van der Waals surface area contributed by atoms with Gasteiger partial charge in [0, 0.05) is 12.3 Å². The molecule has 136 valence electrons. The molecule has 2 atom stereocenters. The number of hydrogen-bond acceptors (Lipinski definition) is 2. The van der Waals surface area contributed by atoms with E-state index in [-0.39, 0.29) is 23.7 Å². The zero-order valence-corrected chi connectivity index (χ0v) is 16.0. The van der Waals surface area contributed by atoms with E-state index >= 15 is 0 Å². The largest absolute Gasteiger partial charge is 0.346 e. The summed E-state index contributed by atoms with van der Waals surface area (Å²) in [6, 6.07) is -0.267. The first-order chi connectivity index (χ1) is 11.1. The monoisotopic (exact) mass is 325 g/mol. The quantitative estimate of drug-likeness (QED) is 0.409. The number of hydrogen-bond donors (Lipinski definition) is 1. The van der Waals surface area contributed by atoms with Crippen molar-refractivity contribution in [3.05, 3.63) is 0 Å². The molecule has 3 heteroatoms. The second-order valence-corrected chi connectivity index (χ2v) is 6.88. The number of carbonyl (C=O) groups is 2. The van der Waals surface area contributed by atoms with Gasteiger partial charge in [-0.05, 0) is 19.3 Å². The van der Waals surface area contributed by atoms with Gasteiger partial charge in [-0.1, -0.05) is 79.1 Å². The van der Waals surface area contributed by atoms with Crippen molar-refractivity contribution in [1.29, 1.82) is 0 Å². The molecule has 0 aliphatic carbocycles. The van der Waals surface area contributed by atoms with Crippen molar-refractivity contribution in [2.45, 2.75) is 111 Å². The Morgan fingerprint density at radius 1 is 0.783 bits per heavy atom. The lowest BCUT2D eigenvalue weighted by atomic mass is 9.98. The standard InChI is InChI=1S/C20H39NO2/c1-5-8-10-11-13-15-17(4)20(23)21-18(16-12-9-6-2)19(22)14-7-3/h17-18H,5-16H2,1-4H3,(H,21,23). The van der Waals surface area contributed by atoms with Crippen LogP contribution in [0.25, 0.3) is 0 Å². The highest BCUT2D eigenvalue weighted by Crippen LogP contribution is 2.13. The SMILES string of the molecule is CCCCCCCC(C)C(=O)NC(CCCCC)C(=O)CCC. The Morgan fingerprint density at radius 2 is 1.35 bits per heavy atom. The van der Waals surface area contributed by atoms with Crippen LogP contribution in [0.4, 0.5) is 0 Å². The lowest BCUT2D eigenvalue weighted by Crippen LogP contribution is -2.43. The minimum absolute atomic E-state index is 0.0136. The Morgan fingerprint density at radius 3 is 1.96 bits per heavy atom. The normalized spacial score (nSPS) is 13.6. The van der Waals surface area contributed by atoms with Gasteiger partial charge in [0.05, 0.1) is 6.04 Å². The molecular weight excluding hydrogens is 286 g/mol. The Kier molecular flexibility index (Phi) is 14.2. The summed E-state index contributed by atoms with van der Waals surface area (Å²) >= 11 is 0. The lowest BCUT2D eigenvalue weighted by molar-refractivity contribution is -0.130. The van der Waals surface area contributed by atoms with E-state index < -0.39 is 0 Å². The van der Waals surface area contributed by atoms with Crippen LogP contribution in [0.5, 0.6) is 0 Å². The van der Waals surface area contributed by atoms with Gasteiger partial charge in [-0.3, -0.25) is 9.59 Å². The average Bonchev–Trinajstić information content (AvgIpc) is 2.53. The smallest absolute Gasteiger partial charge is 0.223 e. The summed E-state index contributed by atoms with van der Waals surface area (Å²) in [5.74, 6) is 0.276. The Bertz CT molecular complexity index is 315. The number of amides is 1. The van der Waals surface area contributed by atoms with Crippen LogP contribution in [0.3, 0.4) is 0 Å². The second kappa shape index (κ2) is 14.7. The van der Waals surface area contributed by atoms with E-state index in [2.05, 4.69) is 19.2 Å². The van der Waals surface area contributed by atoms with Crippen LogP contribution in [0.2, 0.25) is 0 Å². The van der Waals surface area contributed by atoms with Gasteiger partial charge in [-0.2, -0.15) is 0 Å². The van der Waals surface area contributed by atoms with Crippen LogP contribution in [-0.4, -0.2) is 17.7 Å². The van der Waals surface area contributed by atoms with E-state index in [4.69, 9.17) is 0 Å². The average molecular weight is 326 g/mol. The van der Waals surface area contributed by atoms with E-state index in [1.807, 2.05) is 13.8 Å². The van der Waals surface area contributed by atoms with E-state index in [1.165, 1.54) is 25.7 Å². The van der Waals surface area contributed by atoms with Crippen molar-refractivity contribution in [3.8, 4) is 0 Å². The maximum Gasteiger partial charge on any atom is 0.223 e. The third-order valence-corrected chi connectivity index (χ3v) is 4.49. The fourth-order valence-electron chi connectivity index (χ4n) is 2.83. The van der Waals surface area contributed by atoms with E-state index in [9.17, 15) is 9.59 Å². The fraction of sp³-hybridized carbons (Fsp3) is 0.900. The number of ketones is 1. The number of unbranched alkanes of at least 4 members (excludes halogenated alkanes) is 6. The molecule has 0 aliphatic rings. The van der Waals surface area contributed by atoms with Crippen molar-refractivity contribution in [3.63, 3.8) is 0 Å². The predicted molar refractivity (Wildman–Crippen MR) is 98.5 cm³/mol. The van der Waals surface area contributed by atoms with Crippen molar-refractivity contribution in [1.82, 2.24) is 5.32 Å². The van der Waals surface area contributed by atoms with Crippen LogP contribution in [0.1, 0.15) is 105 Å². The van der Waals surface area contributed by atoms with E-state index in [0.29, 0.717) is 6.42 Å². The second-order valence-electron chi connectivity index (χ2n) is 6.88. The third kappa shape index (κ3) is 11.3. The molecule has 0 rings (SSSR count). The Balaban J connectivity index is 4.24. The molecule has 2 unspecified atom stereocenters. The van der Waals surface area contributed by atoms with Gasteiger partial charge in [0.1, 0.15) is 0 Å². The van der Waals surface area contributed by atoms with Crippen molar-refractivity contribution in [2.75, 3.05) is 0 Å².